The molecule has 7 heteroatoms. The molecule has 1 fully saturated rings. The van der Waals surface area contributed by atoms with Crippen LogP contribution in [0.4, 0.5) is 5.69 Å². The Labute approximate surface area is 187 Å². The topological polar surface area (TPSA) is 88.3 Å². The van der Waals surface area contributed by atoms with E-state index in [4.69, 9.17) is 4.52 Å². The molecule has 32 heavy (non-hydrogen) atoms. The van der Waals surface area contributed by atoms with Gasteiger partial charge in [0.2, 0.25) is 23.5 Å². The van der Waals surface area contributed by atoms with Crippen molar-refractivity contribution in [3.05, 3.63) is 71.6 Å². The lowest BCUT2D eigenvalue weighted by atomic mass is 9.96. The Morgan fingerprint density at radius 3 is 2.41 bits per heavy atom. The van der Waals surface area contributed by atoms with Gasteiger partial charge in [0.05, 0.1) is 0 Å². The molecular formula is C25H26N4O3. The Morgan fingerprint density at radius 2 is 1.75 bits per heavy atom. The number of nitrogens with zero attached hydrogens (tertiary/aromatic N) is 3. The largest absolute Gasteiger partial charge is 0.339 e. The summed E-state index contributed by atoms with van der Waals surface area (Å²) in [7, 11) is 0. The number of piperidine rings is 1. The van der Waals surface area contributed by atoms with E-state index in [2.05, 4.69) is 15.5 Å². The van der Waals surface area contributed by atoms with Gasteiger partial charge in [-0.2, -0.15) is 4.98 Å². The third-order valence-corrected chi connectivity index (χ3v) is 5.56. The van der Waals surface area contributed by atoms with Gasteiger partial charge in [0.25, 0.3) is 0 Å². The lowest BCUT2D eigenvalue weighted by molar-refractivity contribution is -0.127. The minimum Gasteiger partial charge on any atom is -0.339 e. The van der Waals surface area contributed by atoms with Crippen molar-refractivity contribution in [2.45, 2.75) is 32.6 Å². The van der Waals surface area contributed by atoms with Crippen LogP contribution in [0.3, 0.4) is 0 Å². The summed E-state index contributed by atoms with van der Waals surface area (Å²) in [4.78, 5) is 30.1. The Balaban J connectivity index is 1.32. The lowest BCUT2D eigenvalue weighted by Gasteiger charge is -2.29. The Bertz CT molecular complexity index is 1110. The molecule has 7 nitrogen and oxygen atoms in total. The number of anilines is 1. The predicted molar refractivity (Wildman–Crippen MR) is 123 cm³/mol. The number of nitrogens with one attached hydrogen (secondary N) is 1. The van der Waals surface area contributed by atoms with Crippen LogP contribution < -0.4 is 5.32 Å². The Kier molecular flexibility index (Phi) is 6.44. The molecule has 2 heterocycles. The standard InChI is InChI=1S/C25H26N4O3/c1-17-3-5-19(6-4-17)7-12-23(31)29-15-13-21(14-16-29)25-27-24(28-32-25)20-8-10-22(11-9-20)26-18(2)30/h3-12,21H,13-16H2,1-2H3,(H,26,30)/b12-7+. The molecule has 1 N–H and O–H groups in total. The first-order valence-corrected chi connectivity index (χ1v) is 10.7. The molecule has 0 radical (unpaired) electrons. The van der Waals surface area contributed by atoms with Gasteiger partial charge in [-0.3, -0.25) is 9.59 Å². The molecule has 0 unspecified atom stereocenters. The fourth-order valence-corrected chi connectivity index (χ4v) is 3.72. The second-order valence-electron chi connectivity index (χ2n) is 8.06. The Hall–Kier alpha value is -3.74. The number of aryl methyl sites for hydroxylation is 1. The third-order valence-electron chi connectivity index (χ3n) is 5.56. The normalized spacial score (nSPS) is 14.6. The van der Waals surface area contributed by atoms with E-state index in [0.29, 0.717) is 24.8 Å². The number of carbonyl (C=O) groups is 2. The van der Waals surface area contributed by atoms with E-state index < -0.39 is 0 Å². The average Bonchev–Trinajstić information content (AvgIpc) is 3.29. The van der Waals surface area contributed by atoms with Crippen molar-refractivity contribution in [3.8, 4) is 11.4 Å². The van der Waals surface area contributed by atoms with Gasteiger partial charge in [0, 0.05) is 43.3 Å². The summed E-state index contributed by atoms with van der Waals surface area (Å²) in [6.07, 6.45) is 5.07. The van der Waals surface area contributed by atoms with Crippen molar-refractivity contribution in [2.75, 3.05) is 18.4 Å². The van der Waals surface area contributed by atoms with Gasteiger partial charge in [-0.05, 0) is 55.7 Å². The summed E-state index contributed by atoms with van der Waals surface area (Å²) < 4.78 is 5.52. The number of carbonyl (C=O) groups excluding carboxylic acids is 2. The first-order valence-electron chi connectivity index (χ1n) is 10.7. The second-order valence-corrected chi connectivity index (χ2v) is 8.06. The van der Waals surface area contributed by atoms with E-state index in [0.717, 1.165) is 29.7 Å². The van der Waals surface area contributed by atoms with Crippen molar-refractivity contribution < 1.29 is 14.1 Å². The summed E-state index contributed by atoms with van der Waals surface area (Å²) in [5, 5.41) is 6.84. The molecule has 3 aromatic rings. The molecule has 1 aliphatic rings. The molecule has 1 aliphatic heterocycles. The van der Waals surface area contributed by atoms with Crippen LogP contribution in [0.1, 0.15) is 42.7 Å². The predicted octanol–water partition coefficient (Wildman–Crippen LogP) is 4.42. The highest BCUT2D eigenvalue weighted by Crippen LogP contribution is 2.29. The second kappa shape index (κ2) is 9.60. The minimum absolute atomic E-state index is 0.0227. The summed E-state index contributed by atoms with van der Waals surface area (Å²) in [6.45, 7) is 4.83. The molecule has 0 bridgehead atoms. The molecule has 0 spiro atoms. The van der Waals surface area contributed by atoms with Crippen LogP contribution in [0.15, 0.2) is 59.1 Å². The zero-order chi connectivity index (χ0) is 22.5. The van der Waals surface area contributed by atoms with Crippen molar-refractivity contribution in [1.82, 2.24) is 15.0 Å². The quantitative estimate of drug-likeness (QED) is 0.605. The fraction of sp³-hybridized carbons (Fsp3) is 0.280. The third kappa shape index (κ3) is 5.29. The van der Waals surface area contributed by atoms with Crippen molar-refractivity contribution >= 4 is 23.6 Å². The van der Waals surface area contributed by atoms with Crippen molar-refractivity contribution in [2.24, 2.45) is 0 Å². The summed E-state index contributed by atoms with van der Waals surface area (Å²) in [5.74, 6) is 1.17. The molecule has 0 atom stereocenters. The van der Waals surface area contributed by atoms with Gasteiger partial charge < -0.3 is 14.7 Å². The first-order chi connectivity index (χ1) is 15.5. The van der Waals surface area contributed by atoms with E-state index in [1.165, 1.54) is 12.5 Å². The number of aromatic nitrogens is 2. The molecule has 0 saturated carbocycles. The SMILES string of the molecule is CC(=O)Nc1ccc(-c2noc(C3CCN(C(=O)/C=C/c4ccc(C)cc4)CC3)n2)cc1. The maximum absolute atomic E-state index is 12.5. The highest BCUT2D eigenvalue weighted by molar-refractivity contribution is 5.92. The number of hydrogen-bond acceptors (Lipinski definition) is 5. The zero-order valence-electron chi connectivity index (χ0n) is 18.2. The monoisotopic (exact) mass is 430 g/mol. The number of rotatable bonds is 5. The van der Waals surface area contributed by atoms with E-state index in [9.17, 15) is 9.59 Å². The van der Waals surface area contributed by atoms with Gasteiger partial charge in [-0.1, -0.05) is 35.0 Å². The van der Waals surface area contributed by atoms with Crippen LogP contribution >= 0.6 is 0 Å². The Morgan fingerprint density at radius 1 is 1.06 bits per heavy atom. The van der Waals surface area contributed by atoms with Gasteiger partial charge in [-0.25, -0.2) is 0 Å². The van der Waals surface area contributed by atoms with Crippen LogP contribution in [0, 0.1) is 6.92 Å². The fourth-order valence-electron chi connectivity index (χ4n) is 3.72. The number of likely N-dealkylation sites (tertiary alicyclic amines) is 1. The molecule has 0 aliphatic carbocycles. The molecular weight excluding hydrogens is 404 g/mol. The molecule has 4 rings (SSSR count). The van der Waals surface area contributed by atoms with Gasteiger partial charge in [-0.15, -0.1) is 0 Å². The molecule has 2 amide bonds. The van der Waals surface area contributed by atoms with Crippen LogP contribution in [0.5, 0.6) is 0 Å². The van der Waals surface area contributed by atoms with Crippen molar-refractivity contribution in [3.63, 3.8) is 0 Å². The molecule has 1 aromatic heterocycles. The smallest absolute Gasteiger partial charge is 0.246 e. The molecule has 2 aromatic carbocycles. The van der Waals surface area contributed by atoms with Gasteiger partial charge in [0.15, 0.2) is 0 Å². The highest BCUT2D eigenvalue weighted by Gasteiger charge is 2.27. The van der Waals surface area contributed by atoms with Crippen LogP contribution in [0.2, 0.25) is 0 Å². The zero-order valence-corrected chi connectivity index (χ0v) is 18.2. The maximum atomic E-state index is 12.5. The summed E-state index contributed by atoms with van der Waals surface area (Å²) >= 11 is 0. The number of amides is 2. The van der Waals surface area contributed by atoms with E-state index >= 15 is 0 Å². The highest BCUT2D eigenvalue weighted by atomic mass is 16.5. The van der Waals surface area contributed by atoms with E-state index in [1.807, 2.05) is 54.3 Å². The van der Waals surface area contributed by atoms with Crippen LogP contribution in [0.25, 0.3) is 17.5 Å². The van der Waals surface area contributed by atoms with E-state index in [-0.39, 0.29) is 17.7 Å². The number of benzene rings is 2. The first kappa shape index (κ1) is 21.5. The summed E-state index contributed by atoms with van der Waals surface area (Å²) in [5.41, 5.74) is 3.76. The average molecular weight is 431 g/mol. The minimum atomic E-state index is -0.116. The van der Waals surface area contributed by atoms with Crippen molar-refractivity contribution in [1.29, 1.82) is 0 Å². The number of hydrogen-bond donors (Lipinski definition) is 1. The van der Waals surface area contributed by atoms with E-state index in [1.54, 1.807) is 18.2 Å². The van der Waals surface area contributed by atoms with Gasteiger partial charge in [0.1, 0.15) is 0 Å². The summed E-state index contributed by atoms with van der Waals surface area (Å²) in [6, 6.07) is 15.4. The molecule has 164 valence electrons. The van der Waals surface area contributed by atoms with Crippen LogP contribution in [-0.2, 0) is 9.59 Å². The van der Waals surface area contributed by atoms with Gasteiger partial charge >= 0.3 is 0 Å². The molecule has 1 saturated heterocycles. The lowest BCUT2D eigenvalue weighted by Crippen LogP contribution is -2.36. The van der Waals surface area contributed by atoms with Crippen LogP contribution in [-0.4, -0.2) is 39.9 Å². The maximum Gasteiger partial charge on any atom is 0.246 e.